The molecule has 0 aliphatic heterocycles. The lowest BCUT2D eigenvalue weighted by Gasteiger charge is -2.36. The lowest BCUT2D eigenvalue weighted by Crippen LogP contribution is -2.46. The van der Waals surface area contributed by atoms with E-state index in [1.54, 1.807) is 13.8 Å². The van der Waals surface area contributed by atoms with Crippen molar-refractivity contribution in [3.8, 4) is 0 Å². The van der Waals surface area contributed by atoms with E-state index in [4.69, 9.17) is 7.85 Å². The van der Waals surface area contributed by atoms with Crippen LogP contribution in [-0.4, -0.2) is 53.0 Å². The molecule has 2 radical (unpaired) electrons. The van der Waals surface area contributed by atoms with Crippen molar-refractivity contribution >= 4 is 15.0 Å². The van der Waals surface area contributed by atoms with Gasteiger partial charge in [-0.1, -0.05) is 13.8 Å². The second-order valence-corrected chi connectivity index (χ2v) is 9.69. The van der Waals surface area contributed by atoms with Gasteiger partial charge in [-0.2, -0.15) is 0 Å². The minimum Gasteiger partial charge on any atom is -0.389 e. The first kappa shape index (κ1) is 14.6. The molecule has 2 rings (SSSR count). The molecule has 2 aliphatic carbocycles. The maximum atomic E-state index is 12.6. The molecule has 0 spiro atoms. The van der Waals surface area contributed by atoms with Crippen molar-refractivity contribution in [2.75, 3.05) is 12.3 Å². The standard InChI is InChI=1S/C12H22BO4P/c1-4-18(17,5-2)10(15)12-6-7(12)8(13)11(3,16)9(12)14/h7-10,14-16H,4-6H2,1-3H3/t7-,8-,9+,10+,11+,12?/m1/s1. The van der Waals surface area contributed by atoms with Crippen LogP contribution >= 0.6 is 7.14 Å². The summed E-state index contributed by atoms with van der Waals surface area (Å²) in [4.78, 5) is 0. The van der Waals surface area contributed by atoms with Crippen molar-refractivity contribution in [1.82, 2.24) is 0 Å². The first-order valence-corrected chi connectivity index (χ1v) is 8.75. The molecule has 0 aromatic rings. The third kappa shape index (κ3) is 1.54. The third-order valence-electron chi connectivity index (χ3n) is 5.27. The Morgan fingerprint density at radius 1 is 1.44 bits per heavy atom. The second-order valence-electron chi connectivity index (χ2n) is 6.04. The van der Waals surface area contributed by atoms with Gasteiger partial charge in [-0.3, -0.25) is 0 Å². The third-order valence-corrected chi connectivity index (χ3v) is 8.78. The summed E-state index contributed by atoms with van der Waals surface area (Å²) in [6.07, 6.45) is 0.259. The van der Waals surface area contributed by atoms with Gasteiger partial charge < -0.3 is 19.9 Å². The molecule has 3 N–H and O–H groups in total. The highest BCUT2D eigenvalue weighted by Gasteiger charge is 2.77. The predicted molar refractivity (Wildman–Crippen MR) is 71.4 cm³/mol. The van der Waals surface area contributed by atoms with Gasteiger partial charge >= 0.3 is 0 Å². The zero-order valence-corrected chi connectivity index (χ0v) is 12.1. The fraction of sp³-hybridized carbons (Fsp3) is 1.00. The number of aliphatic hydroxyl groups excluding tert-OH is 2. The van der Waals surface area contributed by atoms with Gasteiger partial charge in [0.2, 0.25) is 0 Å². The van der Waals surface area contributed by atoms with Crippen LogP contribution in [0.25, 0.3) is 0 Å². The summed E-state index contributed by atoms with van der Waals surface area (Å²) in [5.74, 6) is -1.76. The van der Waals surface area contributed by atoms with Crippen LogP contribution in [0.4, 0.5) is 0 Å². The fourth-order valence-electron chi connectivity index (χ4n) is 3.68. The Morgan fingerprint density at radius 3 is 2.28 bits per heavy atom. The lowest BCUT2D eigenvalue weighted by molar-refractivity contribution is -0.0870. The summed E-state index contributed by atoms with van der Waals surface area (Å²) < 4.78 is 12.6. The van der Waals surface area contributed by atoms with Crippen LogP contribution in [0.15, 0.2) is 0 Å². The maximum absolute atomic E-state index is 12.6. The van der Waals surface area contributed by atoms with Gasteiger partial charge in [0.25, 0.3) is 0 Å². The SMILES string of the molecule is [B][C@@H]1[C@H]2CC2([C@@H](O)P(=O)(CC)CC)[C@@H](O)[C@@]1(C)O. The molecular formula is C12H22BO4P. The molecule has 6 heteroatoms. The quantitative estimate of drug-likeness (QED) is 0.522. The van der Waals surface area contributed by atoms with E-state index < -0.39 is 35.9 Å². The predicted octanol–water partition coefficient (Wildman–Crippen LogP) is 0.796. The van der Waals surface area contributed by atoms with Crippen molar-refractivity contribution in [1.29, 1.82) is 0 Å². The maximum Gasteiger partial charge on any atom is 0.115 e. The molecule has 2 fully saturated rings. The smallest absolute Gasteiger partial charge is 0.115 e. The Balaban J connectivity index is 2.34. The molecule has 0 bridgehead atoms. The Morgan fingerprint density at radius 2 is 1.94 bits per heavy atom. The summed E-state index contributed by atoms with van der Waals surface area (Å²) in [5, 5.41) is 31.0. The number of fused-ring (bicyclic) bond motifs is 1. The lowest BCUT2D eigenvalue weighted by atomic mass is 9.72. The van der Waals surface area contributed by atoms with E-state index in [0.717, 1.165) is 0 Å². The molecule has 0 aromatic heterocycles. The van der Waals surface area contributed by atoms with Crippen molar-refractivity contribution in [2.24, 2.45) is 11.3 Å². The molecule has 0 heterocycles. The molecule has 2 aliphatic rings. The normalized spacial score (nSPS) is 48.9. The van der Waals surface area contributed by atoms with Gasteiger partial charge in [0.15, 0.2) is 0 Å². The zero-order valence-electron chi connectivity index (χ0n) is 11.2. The van der Waals surface area contributed by atoms with Crippen LogP contribution in [0.1, 0.15) is 27.2 Å². The average molecular weight is 272 g/mol. The van der Waals surface area contributed by atoms with Gasteiger partial charge in [-0.05, 0) is 25.1 Å². The molecule has 0 amide bonds. The zero-order chi connectivity index (χ0) is 13.9. The minimum atomic E-state index is -2.74. The average Bonchev–Trinajstić information content (AvgIpc) is 3.07. The van der Waals surface area contributed by atoms with Crippen LogP contribution in [0.5, 0.6) is 0 Å². The number of hydrogen-bond acceptors (Lipinski definition) is 4. The number of hydrogen-bond donors (Lipinski definition) is 3. The van der Waals surface area contributed by atoms with Crippen molar-refractivity contribution in [3.63, 3.8) is 0 Å². The molecule has 6 atom stereocenters. The van der Waals surface area contributed by atoms with Crippen LogP contribution in [0.3, 0.4) is 0 Å². The molecular weight excluding hydrogens is 250 g/mol. The van der Waals surface area contributed by atoms with Gasteiger partial charge in [0.1, 0.15) is 13.0 Å². The van der Waals surface area contributed by atoms with Crippen LogP contribution in [-0.2, 0) is 4.57 Å². The molecule has 2 saturated carbocycles. The van der Waals surface area contributed by atoms with E-state index in [9.17, 15) is 19.9 Å². The van der Waals surface area contributed by atoms with E-state index in [-0.39, 0.29) is 5.92 Å². The Kier molecular flexibility index (Phi) is 3.31. The Labute approximate surface area is 110 Å². The summed E-state index contributed by atoms with van der Waals surface area (Å²) >= 11 is 0. The molecule has 102 valence electrons. The minimum absolute atomic E-state index is 0.135. The first-order chi connectivity index (χ1) is 8.18. The van der Waals surface area contributed by atoms with E-state index in [2.05, 4.69) is 0 Å². The van der Waals surface area contributed by atoms with Gasteiger partial charge in [0, 0.05) is 17.7 Å². The molecule has 0 aromatic carbocycles. The van der Waals surface area contributed by atoms with Crippen LogP contribution in [0.2, 0.25) is 5.82 Å². The van der Waals surface area contributed by atoms with Crippen molar-refractivity contribution < 1.29 is 19.9 Å². The topological polar surface area (TPSA) is 77.8 Å². The summed E-state index contributed by atoms with van der Waals surface area (Å²) in [5.41, 5.74) is -2.26. The van der Waals surface area contributed by atoms with Crippen LogP contribution in [0, 0.1) is 11.3 Å². The van der Waals surface area contributed by atoms with Crippen molar-refractivity contribution in [3.05, 3.63) is 0 Å². The second kappa shape index (κ2) is 4.08. The van der Waals surface area contributed by atoms with Gasteiger partial charge in [0.05, 0.1) is 19.6 Å². The van der Waals surface area contributed by atoms with E-state index in [1.807, 2.05) is 0 Å². The highest BCUT2D eigenvalue weighted by atomic mass is 31.2. The Hall–Kier alpha value is 0.175. The van der Waals surface area contributed by atoms with E-state index >= 15 is 0 Å². The van der Waals surface area contributed by atoms with E-state index in [1.165, 1.54) is 6.92 Å². The molecule has 1 unspecified atom stereocenters. The largest absolute Gasteiger partial charge is 0.389 e. The highest BCUT2D eigenvalue weighted by molar-refractivity contribution is 7.64. The van der Waals surface area contributed by atoms with Gasteiger partial charge in [-0.25, -0.2) is 0 Å². The molecule has 4 nitrogen and oxygen atoms in total. The highest BCUT2D eigenvalue weighted by Crippen LogP contribution is 2.77. The summed E-state index contributed by atoms with van der Waals surface area (Å²) in [7, 11) is 3.19. The number of rotatable bonds is 4. The Bertz CT molecular complexity index is 392. The number of aliphatic hydroxyl groups is 3. The van der Waals surface area contributed by atoms with Crippen LogP contribution < -0.4 is 0 Å². The van der Waals surface area contributed by atoms with Gasteiger partial charge in [-0.15, -0.1) is 0 Å². The molecule has 0 saturated heterocycles. The monoisotopic (exact) mass is 272 g/mol. The first-order valence-electron chi connectivity index (χ1n) is 6.60. The molecule has 18 heavy (non-hydrogen) atoms. The summed E-state index contributed by atoms with van der Waals surface area (Å²) in [6, 6.07) is 0. The fourth-order valence-corrected chi connectivity index (χ4v) is 6.13. The summed E-state index contributed by atoms with van der Waals surface area (Å²) in [6.45, 7) is 5.08. The van der Waals surface area contributed by atoms with Crippen molar-refractivity contribution in [2.45, 2.75) is 50.6 Å². The van der Waals surface area contributed by atoms with E-state index in [0.29, 0.717) is 18.7 Å².